The highest BCUT2D eigenvalue weighted by Crippen LogP contribution is 2.43. The second-order valence-corrected chi connectivity index (χ2v) is 2.57. The van der Waals surface area contributed by atoms with E-state index in [1.165, 1.54) is 0 Å². The molecule has 0 bridgehead atoms. The van der Waals surface area contributed by atoms with Gasteiger partial charge in [0.25, 0.3) is 0 Å². The van der Waals surface area contributed by atoms with Crippen molar-refractivity contribution < 1.29 is 18.3 Å². The minimum absolute atomic E-state index is 0.246. The largest absolute Gasteiger partial charge is 0.418 e. The number of rotatable bonds is 0. The summed E-state index contributed by atoms with van der Waals surface area (Å²) in [7, 11) is 0. The molecule has 5 heteroatoms. The zero-order chi connectivity index (χ0) is 7.99. The maximum absolute atomic E-state index is 11.8. The van der Waals surface area contributed by atoms with Crippen LogP contribution in [0.3, 0.4) is 0 Å². The summed E-state index contributed by atoms with van der Waals surface area (Å²) in [4.78, 5) is 0. The normalized spacial score (nSPS) is 41.1. The molecule has 0 amide bonds. The highest BCUT2D eigenvalue weighted by Gasteiger charge is 2.62. The summed E-state index contributed by atoms with van der Waals surface area (Å²) < 4.78 is 35.4. The molecule has 2 nitrogen and oxygen atoms in total. The van der Waals surface area contributed by atoms with Gasteiger partial charge in [-0.15, -0.1) is 0 Å². The van der Waals surface area contributed by atoms with E-state index in [1.807, 2.05) is 0 Å². The van der Waals surface area contributed by atoms with Crippen LogP contribution in [-0.4, -0.2) is 22.9 Å². The minimum atomic E-state index is -4.56. The summed E-state index contributed by atoms with van der Waals surface area (Å²) in [6.07, 6.45) is -4.58. The van der Waals surface area contributed by atoms with E-state index >= 15 is 0 Å². The molecular formula is C5H8F3NO. The summed E-state index contributed by atoms with van der Waals surface area (Å²) >= 11 is 0. The van der Waals surface area contributed by atoms with Crippen molar-refractivity contribution in [2.75, 3.05) is 0 Å². The molecule has 10 heavy (non-hydrogen) atoms. The molecule has 0 spiro atoms. The van der Waals surface area contributed by atoms with Gasteiger partial charge in [-0.3, -0.25) is 0 Å². The Morgan fingerprint density at radius 1 is 1.50 bits per heavy atom. The molecule has 3 N–H and O–H groups in total. The second kappa shape index (κ2) is 1.85. The summed E-state index contributed by atoms with van der Waals surface area (Å²) in [5, 5.41) is 8.77. The van der Waals surface area contributed by atoms with Gasteiger partial charge >= 0.3 is 6.18 Å². The van der Waals surface area contributed by atoms with Crippen molar-refractivity contribution >= 4 is 0 Å². The van der Waals surface area contributed by atoms with E-state index in [0.717, 1.165) is 0 Å². The van der Waals surface area contributed by atoms with Crippen LogP contribution in [0.25, 0.3) is 0 Å². The van der Waals surface area contributed by atoms with E-state index in [2.05, 4.69) is 0 Å². The first-order valence-corrected chi connectivity index (χ1v) is 2.92. The maximum atomic E-state index is 11.8. The maximum Gasteiger partial charge on any atom is 0.418 e. The van der Waals surface area contributed by atoms with E-state index in [4.69, 9.17) is 10.8 Å². The van der Waals surface area contributed by atoms with Gasteiger partial charge in [0.2, 0.25) is 0 Å². The molecule has 0 aromatic rings. The molecule has 0 aromatic heterocycles. The lowest BCUT2D eigenvalue weighted by Crippen LogP contribution is -2.65. The zero-order valence-corrected chi connectivity index (χ0v) is 5.15. The van der Waals surface area contributed by atoms with Crippen LogP contribution in [0.2, 0.25) is 0 Å². The van der Waals surface area contributed by atoms with Crippen molar-refractivity contribution in [3.05, 3.63) is 0 Å². The van der Waals surface area contributed by atoms with Crippen LogP contribution in [0.5, 0.6) is 0 Å². The summed E-state index contributed by atoms with van der Waals surface area (Å²) in [5.41, 5.74) is 2.37. The third kappa shape index (κ3) is 0.809. The molecule has 2 unspecified atom stereocenters. The number of nitrogens with two attached hydrogens (primary N) is 1. The summed E-state index contributed by atoms with van der Waals surface area (Å²) in [6.45, 7) is 0. The van der Waals surface area contributed by atoms with Crippen LogP contribution in [0.15, 0.2) is 0 Å². The van der Waals surface area contributed by atoms with Gasteiger partial charge < -0.3 is 10.8 Å². The number of hydrogen-bond donors (Lipinski definition) is 2. The number of hydrogen-bond acceptors (Lipinski definition) is 2. The predicted molar refractivity (Wildman–Crippen MR) is 28.2 cm³/mol. The Morgan fingerprint density at radius 3 is 2.00 bits per heavy atom. The molecular weight excluding hydrogens is 147 g/mol. The van der Waals surface area contributed by atoms with Gasteiger partial charge in [-0.1, -0.05) is 0 Å². The lowest BCUT2D eigenvalue weighted by atomic mass is 9.75. The van der Waals surface area contributed by atoms with E-state index in [9.17, 15) is 13.2 Å². The van der Waals surface area contributed by atoms with Crippen LogP contribution in [-0.2, 0) is 0 Å². The zero-order valence-electron chi connectivity index (χ0n) is 5.15. The van der Waals surface area contributed by atoms with Gasteiger partial charge in [0.1, 0.15) is 0 Å². The highest BCUT2D eigenvalue weighted by molar-refractivity contribution is 5.04. The Bertz CT molecular complexity index is 146. The SMILES string of the molecule is NC1CCC1(O)C(F)(F)F. The Morgan fingerprint density at radius 2 is 2.00 bits per heavy atom. The summed E-state index contributed by atoms with van der Waals surface area (Å²) in [5.74, 6) is 0. The third-order valence-electron chi connectivity index (χ3n) is 1.94. The van der Waals surface area contributed by atoms with E-state index < -0.39 is 17.8 Å². The van der Waals surface area contributed by atoms with Crippen molar-refractivity contribution in [3.63, 3.8) is 0 Å². The van der Waals surface area contributed by atoms with Gasteiger partial charge in [0.15, 0.2) is 5.60 Å². The smallest absolute Gasteiger partial charge is 0.379 e. The van der Waals surface area contributed by atoms with Crippen molar-refractivity contribution in [1.29, 1.82) is 0 Å². The lowest BCUT2D eigenvalue weighted by molar-refractivity contribution is -0.293. The molecule has 1 rings (SSSR count). The lowest BCUT2D eigenvalue weighted by Gasteiger charge is -2.43. The quantitative estimate of drug-likeness (QED) is 0.532. The van der Waals surface area contributed by atoms with Crippen LogP contribution >= 0.6 is 0 Å². The van der Waals surface area contributed by atoms with Gasteiger partial charge in [0.05, 0.1) is 0 Å². The first kappa shape index (κ1) is 7.81. The van der Waals surface area contributed by atoms with Gasteiger partial charge in [-0.25, -0.2) is 0 Å². The molecule has 1 saturated carbocycles. The van der Waals surface area contributed by atoms with Crippen LogP contribution < -0.4 is 5.73 Å². The van der Waals surface area contributed by atoms with Gasteiger partial charge in [-0.2, -0.15) is 13.2 Å². The molecule has 1 aliphatic carbocycles. The second-order valence-electron chi connectivity index (χ2n) is 2.57. The fourth-order valence-electron chi connectivity index (χ4n) is 0.936. The first-order chi connectivity index (χ1) is 4.38. The molecule has 0 saturated heterocycles. The molecule has 0 radical (unpaired) electrons. The molecule has 60 valence electrons. The number of aliphatic hydroxyl groups is 1. The predicted octanol–water partition coefficient (Wildman–Crippen LogP) is 0.401. The topological polar surface area (TPSA) is 46.2 Å². The van der Waals surface area contributed by atoms with Crippen LogP contribution in [0.4, 0.5) is 13.2 Å². The van der Waals surface area contributed by atoms with Gasteiger partial charge in [0, 0.05) is 6.04 Å². The van der Waals surface area contributed by atoms with Crippen molar-refractivity contribution in [3.8, 4) is 0 Å². The van der Waals surface area contributed by atoms with Crippen LogP contribution in [0.1, 0.15) is 12.8 Å². The molecule has 1 fully saturated rings. The molecule has 0 aromatic carbocycles. The Hall–Kier alpha value is -0.290. The molecule has 1 aliphatic rings. The van der Waals surface area contributed by atoms with Crippen molar-refractivity contribution in [2.45, 2.75) is 30.7 Å². The van der Waals surface area contributed by atoms with Crippen LogP contribution in [0, 0.1) is 0 Å². The molecule has 0 heterocycles. The highest BCUT2D eigenvalue weighted by atomic mass is 19.4. The minimum Gasteiger partial charge on any atom is -0.379 e. The third-order valence-corrected chi connectivity index (χ3v) is 1.94. The summed E-state index contributed by atoms with van der Waals surface area (Å²) in [6, 6.07) is -1.13. The van der Waals surface area contributed by atoms with E-state index in [1.54, 1.807) is 0 Å². The van der Waals surface area contributed by atoms with Gasteiger partial charge in [-0.05, 0) is 12.8 Å². The average Bonchev–Trinajstić information content (AvgIpc) is 1.80. The fourth-order valence-corrected chi connectivity index (χ4v) is 0.936. The number of halogens is 3. The Kier molecular flexibility index (Phi) is 1.45. The fraction of sp³-hybridized carbons (Fsp3) is 1.00. The van der Waals surface area contributed by atoms with Crippen molar-refractivity contribution in [2.24, 2.45) is 5.73 Å². The van der Waals surface area contributed by atoms with E-state index in [-0.39, 0.29) is 12.8 Å². The average molecular weight is 155 g/mol. The Labute approximate surface area is 55.8 Å². The standard InChI is InChI=1S/C5H8F3NO/c6-5(7,8)4(10)2-1-3(4)9/h3,10H,1-2,9H2. The monoisotopic (exact) mass is 155 g/mol. The molecule has 0 aliphatic heterocycles. The van der Waals surface area contributed by atoms with Crippen molar-refractivity contribution in [1.82, 2.24) is 0 Å². The first-order valence-electron chi connectivity index (χ1n) is 2.92. The molecule has 2 atom stereocenters. The number of alkyl halides is 3. The van der Waals surface area contributed by atoms with E-state index in [0.29, 0.717) is 0 Å². The Balaban J connectivity index is 2.70.